The Balaban J connectivity index is 2.63. The van der Waals surface area contributed by atoms with Crippen molar-refractivity contribution in [2.75, 3.05) is 6.61 Å². The number of hydrogen-bond donors (Lipinski definition) is 1. The third kappa shape index (κ3) is 1.30. The van der Waals surface area contributed by atoms with Crippen molar-refractivity contribution in [3.63, 3.8) is 0 Å². The Kier molecular flexibility index (Phi) is 2.25. The summed E-state index contributed by atoms with van der Waals surface area (Å²) in [6, 6.07) is 4.80. The highest BCUT2D eigenvalue weighted by molar-refractivity contribution is 5.82. The molecule has 0 amide bonds. The molecule has 14 heavy (non-hydrogen) atoms. The molecule has 1 atom stereocenters. The average molecular weight is 194 g/mol. The molecule has 3 heteroatoms. The van der Waals surface area contributed by atoms with Crippen molar-refractivity contribution in [2.24, 2.45) is 0 Å². The van der Waals surface area contributed by atoms with Crippen molar-refractivity contribution < 1.29 is 13.9 Å². The van der Waals surface area contributed by atoms with Gasteiger partial charge in [-0.25, -0.2) is 4.39 Å². The third-order valence-corrected chi connectivity index (χ3v) is 2.39. The minimum absolute atomic E-state index is 0.0296. The highest BCUT2D eigenvalue weighted by atomic mass is 19.1. The minimum atomic E-state index is -0.362. The molecule has 2 aromatic rings. The fourth-order valence-corrected chi connectivity index (χ4v) is 1.52. The van der Waals surface area contributed by atoms with Crippen molar-refractivity contribution in [3.8, 4) is 0 Å². The number of hydrogen-bond acceptors (Lipinski definition) is 2. The lowest BCUT2D eigenvalue weighted by Gasteiger charge is -2.03. The van der Waals surface area contributed by atoms with Gasteiger partial charge in [0.05, 0.1) is 6.26 Å². The summed E-state index contributed by atoms with van der Waals surface area (Å²) in [5.41, 5.74) is 1.12. The number of fused-ring (bicyclic) bond motifs is 1. The Bertz CT molecular complexity index is 447. The number of aliphatic hydroxyl groups excluding tert-OH is 1. The van der Waals surface area contributed by atoms with Gasteiger partial charge in [-0.15, -0.1) is 0 Å². The van der Waals surface area contributed by atoms with E-state index in [4.69, 9.17) is 9.52 Å². The monoisotopic (exact) mass is 194 g/mol. The molecule has 0 fully saturated rings. The largest absolute Gasteiger partial charge is 0.461 e. The molecule has 1 heterocycles. The first-order valence-electron chi connectivity index (χ1n) is 4.50. The lowest BCUT2D eigenvalue weighted by Crippen LogP contribution is -1.97. The molecule has 0 aliphatic rings. The van der Waals surface area contributed by atoms with Gasteiger partial charge in [-0.3, -0.25) is 0 Å². The second-order valence-electron chi connectivity index (χ2n) is 3.39. The van der Waals surface area contributed by atoms with E-state index in [0.29, 0.717) is 0 Å². The number of benzene rings is 1. The maximum absolute atomic E-state index is 13.2. The van der Waals surface area contributed by atoms with Gasteiger partial charge in [0.15, 0.2) is 11.4 Å². The van der Waals surface area contributed by atoms with Gasteiger partial charge in [0.25, 0.3) is 0 Å². The Labute approximate surface area is 81.0 Å². The quantitative estimate of drug-likeness (QED) is 0.797. The van der Waals surface area contributed by atoms with Gasteiger partial charge < -0.3 is 9.52 Å². The SMILES string of the molecule is CC(CO)c1coc2c(F)cccc12. The summed E-state index contributed by atoms with van der Waals surface area (Å²) < 4.78 is 18.3. The first-order chi connectivity index (χ1) is 6.74. The van der Waals surface area contributed by atoms with Crippen LogP contribution in [0.4, 0.5) is 4.39 Å². The number of rotatable bonds is 2. The van der Waals surface area contributed by atoms with E-state index >= 15 is 0 Å². The normalized spacial score (nSPS) is 13.4. The van der Waals surface area contributed by atoms with Crippen molar-refractivity contribution in [1.29, 1.82) is 0 Å². The second-order valence-corrected chi connectivity index (χ2v) is 3.39. The zero-order valence-electron chi connectivity index (χ0n) is 7.83. The van der Waals surface area contributed by atoms with Crippen LogP contribution in [-0.4, -0.2) is 11.7 Å². The van der Waals surface area contributed by atoms with Gasteiger partial charge in [-0.1, -0.05) is 19.1 Å². The van der Waals surface area contributed by atoms with Crippen LogP contribution >= 0.6 is 0 Å². The van der Waals surface area contributed by atoms with Crippen LogP contribution in [0, 0.1) is 5.82 Å². The van der Waals surface area contributed by atoms with Gasteiger partial charge in [-0.2, -0.15) is 0 Å². The maximum atomic E-state index is 13.2. The predicted molar refractivity (Wildman–Crippen MR) is 51.7 cm³/mol. The molecular formula is C11H11FO2. The highest BCUT2D eigenvalue weighted by Gasteiger charge is 2.13. The smallest absolute Gasteiger partial charge is 0.169 e. The molecule has 0 radical (unpaired) electrons. The van der Waals surface area contributed by atoms with Crippen LogP contribution in [0.15, 0.2) is 28.9 Å². The van der Waals surface area contributed by atoms with Crippen LogP contribution in [0.25, 0.3) is 11.0 Å². The average Bonchev–Trinajstić information content (AvgIpc) is 2.62. The number of furan rings is 1. The van der Waals surface area contributed by atoms with Gasteiger partial charge >= 0.3 is 0 Å². The maximum Gasteiger partial charge on any atom is 0.169 e. The van der Waals surface area contributed by atoms with E-state index in [-0.39, 0.29) is 23.9 Å². The van der Waals surface area contributed by atoms with Crippen molar-refractivity contribution in [2.45, 2.75) is 12.8 Å². The second kappa shape index (κ2) is 3.42. The number of para-hydroxylation sites is 1. The molecule has 0 aliphatic heterocycles. The summed E-state index contributed by atoms with van der Waals surface area (Å²) in [6.07, 6.45) is 1.51. The van der Waals surface area contributed by atoms with Crippen LogP contribution in [0.3, 0.4) is 0 Å². The molecule has 2 nitrogen and oxygen atoms in total. The molecular weight excluding hydrogens is 183 g/mol. The summed E-state index contributed by atoms with van der Waals surface area (Å²) in [5.74, 6) is -0.392. The summed E-state index contributed by atoms with van der Waals surface area (Å²) in [6.45, 7) is 1.90. The van der Waals surface area contributed by atoms with E-state index in [1.807, 2.05) is 6.92 Å². The lowest BCUT2D eigenvalue weighted by atomic mass is 10.0. The lowest BCUT2D eigenvalue weighted by molar-refractivity contribution is 0.273. The molecule has 0 aliphatic carbocycles. The zero-order valence-corrected chi connectivity index (χ0v) is 7.83. The molecule has 1 N–H and O–H groups in total. The van der Waals surface area contributed by atoms with Crippen LogP contribution < -0.4 is 0 Å². The van der Waals surface area contributed by atoms with E-state index in [9.17, 15) is 4.39 Å². The molecule has 1 aromatic carbocycles. The van der Waals surface area contributed by atoms with Crippen LogP contribution in [0.5, 0.6) is 0 Å². The molecule has 74 valence electrons. The Morgan fingerprint density at radius 2 is 2.29 bits per heavy atom. The zero-order chi connectivity index (χ0) is 10.1. The summed E-state index contributed by atoms with van der Waals surface area (Å²) in [7, 11) is 0. The van der Waals surface area contributed by atoms with Crippen molar-refractivity contribution >= 4 is 11.0 Å². The molecule has 1 unspecified atom stereocenters. The molecule has 1 aromatic heterocycles. The van der Waals surface area contributed by atoms with E-state index in [0.717, 1.165) is 10.9 Å². The molecule has 0 saturated heterocycles. The van der Waals surface area contributed by atoms with Gasteiger partial charge in [0.1, 0.15) is 0 Å². The molecule has 0 spiro atoms. The third-order valence-electron chi connectivity index (χ3n) is 2.39. The van der Waals surface area contributed by atoms with E-state index < -0.39 is 0 Å². The predicted octanol–water partition coefficient (Wildman–Crippen LogP) is 2.67. The molecule has 0 saturated carbocycles. The summed E-state index contributed by atoms with van der Waals surface area (Å²) in [4.78, 5) is 0. The van der Waals surface area contributed by atoms with Gasteiger partial charge in [0, 0.05) is 23.5 Å². The Morgan fingerprint density at radius 1 is 1.50 bits per heavy atom. The summed E-state index contributed by atoms with van der Waals surface area (Å²) in [5, 5.41) is 9.74. The van der Waals surface area contributed by atoms with Gasteiger partial charge in [-0.05, 0) is 6.07 Å². The fourth-order valence-electron chi connectivity index (χ4n) is 1.52. The van der Waals surface area contributed by atoms with Gasteiger partial charge in [0.2, 0.25) is 0 Å². The molecule has 0 bridgehead atoms. The topological polar surface area (TPSA) is 33.4 Å². The van der Waals surface area contributed by atoms with Crippen molar-refractivity contribution in [1.82, 2.24) is 0 Å². The number of aliphatic hydroxyl groups is 1. The van der Waals surface area contributed by atoms with Crippen molar-refractivity contribution in [3.05, 3.63) is 35.8 Å². The number of halogens is 1. The summed E-state index contributed by atoms with van der Waals surface area (Å²) >= 11 is 0. The fraction of sp³-hybridized carbons (Fsp3) is 0.273. The Hall–Kier alpha value is -1.35. The minimum Gasteiger partial charge on any atom is -0.461 e. The molecule has 2 rings (SSSR count). The van der Waals surface area contributed by atoms with E-state index in [1.165, 1.54) is 12.3 Å². The first-order valence-corrected chi connectivity index (χ1v) is 4.50. The first kappa shape index (κ1) is 9.21. The van der Waals surface area contributed by atoms with E-state index in [1.54, 1.807) is 12.1 Å². The Morgan fingerprint density at radius 3 is 3.00 bits per heavy atom. The standard InChI is InChI=1S/C11H11FO2/c1-7(5-13)9-6-14-11-8(9)3-2-4-10(11)12/h2-4,6-7,13H,5H2,1H3. The van der Waals surface area contributed by atoms with Crippen LogP contribution in [0.2, 0.25) is 0 Å². The van der Waals surface area contributed by atoms with Crippen LogP contribution in [-0.2, 0) is 0 Å². The highest BCUT2D eigenvalue weighted by Crippen LogP contribution is 2.28. The van der Waals surface area contributed by atoms with E-state index in [2.05, 4.69) is 0 Å². The van der Waals surface area contributed by atoms with Crippen LogP contribution in [0.1, 0.15) is 18.4 Å².